The van der Waals surface area contributed by atoms with Crippen molar-refractivity contribution in [3.05, 3.63) is 76.1 Å². The number of hydrogen-bond donors (Lipinski definition) is 1. The summed E-state index contributed by atoms with van der Waals surface area (Å²) in [6, 6.07) is 14.8. The van der Waals surface area contributed by atoms with E-state index < -0.39 is 6.04 Å². The van der Waals surface area contributed by atoms with Gasteiger partial charge >= 0.3 is 0 Å². The fourth-order valence-corrected chi connectivity index (χ4v) is 5.43. The predicted molar refractivity (Wildman–Crippen MR) is 132 cm³/mol. The van der Waals surface area contributed by atoms with Gasteiger partial charge in [0, 0.05) is 32.6 Å². The third-order valence-electron chi connectivity index (χ3n) is 5.76. The van der Waals surface area contributed by atoms with Crippen LogP contribution in [0.25, 0.3) is 10.2 Å². The van der Waals surface area contributed by atoms with Gasteiger partial charge in [0.2, 0.25) is 5.91 Å². The molecule has 2 amide bonds. The third-order valence-corrected chi connectivity index (χ3v) is 7.45. The van der Waals surface area contributed by atoms with Crippen molar-refractivity contribution in [3.8, 4) is 0 Å². The number of benzene rings is 1. The minimum Gasteiger partial charge on any atom is -0.352 e. The topological polar surface area (TPSA) is 78.4 Å². The number of carbonyl (C=O) groups excluding carboxylic acids is 2. The lowest BCUT2D eigenvalue weighted by Crippen LogP contribution is -2.55. The van der Waals surface area contributed by atoms with Crippen molar-refractivity contribution in [2.24, 2.45) is 0 Å². The van der Waals surface area contributed by atoms with Crippen molar-refractivity contribution in [1.82, 2.24) is 20.2 Å². The van der Waals surface area contributed by atoms with Crippen molar-refractivity contribution < 1.29 is 9.59 Å². The van der Waals surface area contributed by atoms with E-state index in [1.807, 2.05) is 58.1 Å². The predicted octanol–water partition coefficient (Wildman–Crippen LogP) is 3.44. The highest BCUT2D eigenvalue weighted by atomic mass is 32.1. The summed E-state index contributed by atoms with van der Waals surface area (Å²) in [5.41, 5.74) is 1.02. The zero-order valence-electron chi connectivity index (χ0n) is 17.9. The fraction of sp³-hybridized carbons (Fsp3) is 0.250. The van der Waals surface area contributed by atoms with Gasteiger partial charge in [0.25, 0.3) is 5.91 Å². The lowest BCUT2D eigenvalue weighted by Gasteiger charge is -2.37. The summed E-state index contributed by atoms with van der Waals surface area (Å²) in [6.07, 6.45) is 2.06. The number of aromatic nitrogens is 2. The second-order valence-corrected chi connectivity index (χ2v) is 9.68. The molecular weight excluding hydrogens is 454 g/mol. The molecular formula is C24H23N5O2S2. The van der Waals surface area contributed by atoms with Crippen molar-refractivity contribution in [2.45, 2.75) is 12.5 Å². The molecule has 1 aliphatic rings. The van der Waals surface area contributed by atoms with E-state index >= 15 is 0 Å². The van der Waals surface area contributed by atoms with E-state index in [-0.39, 0.29) is 11.8 Å². The quantitative estimate of drug-likeness (QED) is 0.460. The van der Waals surface area contributed by atoms with Crippen LogP contribution in [0.3, 0.4) is 0 Å². The summed E-state index contributed by atoms with van der Waals surface area (Å²) in [5, 5.41) is 7.91. The number of thiophene rings is 2. The smallest absolute Gasteiger partial charge is 0.262 e. The van der Waals surface area contributed by atoms with Crippen LogP contribution in [0.1, 0.15) is 15.2 Å². The molecule has 7 nitrogen and oxygen atoms in total. The Morgan fingerprint density at radius 1 is 0.939 bits per heavy atom. The Balaban J connectivity index is 1.29. The Hall–Kier alpha value is -3.30. The lowest BCUT2D eigenvalue weighted by atomic mass is 10.0. The second kappa shape index (κ2) is 9.68. The third kappa shape index (κ3) is 4.74. The second-order valence-electron chi connectivity index (χ2n) is 7.84. The summed E-state index contributed by atoms with van der Waals surface area (Å²) < 4.78 is 0. The van der Waals surface area contributed by atoms with Gasteiger partial charge in [0.1, 0.15) is 23.0 Å². The molecule has 1 aromatic carbocycles. The largest absolute Gasteiger partial charge is 0.352 e. The molecule has 3 aromatic heterocycles. The van der Waals surface area contributed by atoms with Crippen molar-refractivity contribution in [3.63, 3.8) is 0 Å². The molecule has 9 heteroatoms. The molecule has 0 aliphatic carbocycles. The normalized spacial score (nSPS) is 14.9. The monoisotopic (exact) mass is 477 g/mol. The zero-order chi connectivity index (χ0) is 22.6. The molecule has 1 aliphatic heterocycles. The van der Waals surface area contributed by atoms with E-state index in [9.17, 15) is 9.59 Å². The molecule has 33 heavy (non-hydrogen) atoms. The molecule has 1 N–H and O–H groups in total. The van der Waals surface area contributed by atoms with E-state index in [1.54, 1.807) is 23.7 Å². The van der Waals surface area contributed by atoms with Crippen LogP contribution >= 0.6 is 22.7 Å². The fourth-order valence-electron chi connectivity index (χ4n) is 4.07. The molecule has 1 atom stereocenters. The van der Waals surface area contributed by atoms with Gasteiger partial charge in [-0.25, -0.2) is 9.97 Å². The highest BCUT2D eigenvalue weighted by molar-refractivity contribution is 7.16. The standard InChI is InChI=1S/C24H23N5O2S2/c30-22(20-7-4-13-32-20)27-19(15-17-5-2-1-3-6-17)24(31)29-11-9-28(10-12-29)21-18-8-14-33-23(18)26-16-25-21/h1-8,13-14,16,19H,9-12,15H2,(H,27,30). The molecule has 0 bridgehead atoms. The number of anilines is 1. The maximum atomic E-state index is 13.5. The first-order valence-corrected chi connectivity index (χ1v) is 12.6. The molecule has 1 saturated heterocycles. The summed E-state index contributed by atoms with van der Waals surface area (Å²) >= 11 is 2.97. The maximum Gasteiger partial charge on any atom is 0.262 e. The summed E-state index contributed by atoms with van der Waals surface area (Å²) in [6.45, 7) is 2.53. The first kappa shape index (κ1) is 21.5. The van der Waals surface area contributed by atoms with E-state index in [1.165, 1.54) is 11.3 Å². The van der Waals surface area contributed by atoms with Crippen LogP contribution in [0.15, 0.2) is 65.6 Å². The number of nitrogens with one attached hydrogen (secondary N) is 1. The zero-order valence-corrected chi connectivity index (χ0v) is 19.5. The van der Waals surface area contributed by atoms with E-state index in [4.69, 9.17) is 0 Å². The number of piperazine rings is 1. The number of hydrogen-bond acceptors (Lipinski definition) is 7. The number of fused-ring (bicyclic) bond motifs is 1. The minimum atomic E-state index is -0.615. The Morgan fingerprint density at radius 2 is 1.76 bits per heavy atom. The van der Waals surface area contributed by atoms with Crippen LogP contribution in [-0.2, 0) is 11.2 Å². The average molecular weight is 478 g/mol. The Labute approximate surface area is 199 Å². The maximum absolute atomic E-state index is 13.5. The van der Waals surface area contributed by atoms with Crippen LogP contribution < -0.4 is 10.2 Å². The van der Waals surface area contributed by atoms with Gasteiger partial charge in [-0.3, -0.25) is 9.59 Å². The highest BCUT2D eigenvalue weighted by Gasteiger charge is 2.30. The van der Waals surface area contributed by atoms with E-state index in [0.29, 0.717) is 37.5 Å². The molecule has 0 spiro atoms. The van der Waals surface area contributed by atoms with Gasteiger partial charge in [-0.05, 0) is 28.5 Å². The van der Waals surface area contributed by atoms with Crippen LogP contribution in [0.2, 0.25) is 0 Å². The van der Waals surface area contributed by atoms with E-state index in [2.05, 4.69) is 20.2 Å². The van der Waals surface area contributed by atoms with Gasteiger partial charge in [0.05, 0.1) is 10.3 Å². The van der Waals surface area contributed by atoms with Crippen molar-refractivity contribution in [1.29, 1.82) is 0 Å². The number of rotatable bonds is 6. The van der Waals surface area contributed by atoms with E-state index in [0.717, 1.165) is 21.6 Å². The molecule has 4 heterocycles. The molecule has 5 rings (SSSR count). The number of amides is 2. The number of carbonyl (C=O) groups is 2. The molecule has 0 saturated carbocycles. The lowest BCUT2D eigenvalue weighted by molar-refractivity contribution is -0.133. The summed E-state index contributed by atoms with van der Waals surface area (Å²) in [5.74, 6) is 0.658. The first-order chi connectivity index (χ1) is 16.2. The van der Waals surface area contributed by atoms with Crippen LogP contribution in [0, 0.1) is 0 Å². The number of nitrogens with zero attached hydrogens (tertiary/aromatic N) is 4. The Bertz CT molecular complexity index is 1230. The molecule has 0 radical (unpaired) electrons. The molecule has 4 aromatic rings. The Morgan fingerprint density at radius 3 is 2.52 bits per heavy atom. The highest BCUT2D eigenvalue weighted by Crippen LogP contribution is 2.27. The van der Waals surface area contributed by atoms with Crippen LogP contribution in [-0.4, -0.2) is 58.9 Å². The minimum absolute atomic E-state index is 0.0493. The average Bonchev–Trinajstić information content (AvgIpc) is 3.56. The summed E-state index contributed by atoms with van der Waals surface area (Å²) in [7, 11) is 0. The molecule has 1 fully saturated rings. The SMILES string of the molecule is O=C(NC(Cc1ccccc1)C(=O)N1CCN(c2ncnc3sccc23)CC1)c1cccs1. The van der Waals surface area contributed by atoms with Gasteiger partial charge in [-0.15, -0.1) is 22.7 Å². The first-order valence-electron chi connectivity index (χ1n) is 10.8. The van der Waals surface area contributed by atoms with Crippen molar-refractivity contribution >= 4 is 50.5 Å². The van der Waals surface area contributed by atoms with Gasteiger partial charge in [0.15, 0.2) is 0 Å². The van der Waals surface area contributed by atoms with Crippen molar-refractivity contribution in [2.75, 3.05) is 31.1 Å². The van der Waals surface area contributed by atoms with Gasteiger partial charge in [-0.1, -0.05) is 36.4 Å². The van der Waals surface area contributed by atoms with Gasteiger partial charge in [-0.2, -0.15) is 0 Å². The van der Waals surface area contributed by atoms with Crippen LogP contribution in [0.4, 0.5) is 5.82 Å². The molecule has 168 valence electrons. The Kier molecular flexibility index (Phi) is 6.32. The molecule has 1 unspecified atom stereocenters. The summed E-state index contributed by atoms with van der Waals surface area (Å²) in [4.78, 5) is 40.7. The van der Waals surface area contributed by atoms with Gasteiger partial charge < -0.3 is 15.1 Å². The van der Waals surface area contributed by atoms with Crippen LogP contribution in [0.5, 0.6) is 0 Å².